The van der Waals surface area contributed by atoms with Crippen molar-refractivity contribution in [2.45, 2.75) is 13.0 Å². The highest BCUT2D eigenvalue weighted by Crippen LogP contribution is 2.16. The van der Waals surface area contributed by atoms with Crippen LogP contribution >= 0.6 is 0 Å². The van der Waals surface area contributed by atoms with Crippen LogP contribution in [0, 0.1) is 0 Å². The van der Waals surface area contributed by atoms with Gasteiger partial charge in [-0.2, -0.15) is 0 Å². The highest BCUT2D eigenvalue weighted by Gasteiger charge is 2.09. The van der Waals surface area contributed by atoms with Crippen LogP contribution in [0.1, 0.15) is 6.42 Å². The first-order valence-electron chi connectivity index (χ1n) is 7.74. The summed E-state index contributed by atoms with van der Waals surface area (Å²) in [5, 5.41) is 5.91. The third-order valence-electron chi connectivity index (χ3n) is 3.80. The molecule has 1 heterocycles. The van der Waals surface area contributed by atoms with E-state index in [1.807, 2.05) is 0 Å². The van der Waals surface area contributed by atoms with Gasteiger partial charge in [0.1, 0.15) is 5.75 Å². The van der Waals surface area contributed by atoms with Crippen molar-refractivity contribution in [1.82, 2.24) is 9.78 Å². The van der Waals surface area contributed by atoms with E-state index in [1.54, 1.807) is 55.6 Å². The van der Waals surface area contributed by atoms with Gasteiger partial charge in [0, 0.05) is 18.2 Å². The van der Waals surface area contributed by atoms with Gasteiger partial charge in [-0.05, 0) is 24.3 Å². The number of aryl methyl sites for hydroxylation is 1. The van der Waals surface area contributed by atoms with Crippen LogP contribution in [0.4, 0.5) is 5.69 Å². The molecule has 0 radical (unpaired) electrons. The molecule has 0 spiro atoms. The number of methoxy groups -OCH3 is 1. The van der Waals surface area contributed by atoms with Crippen molar-refractivity contribution >= 4 is 22.4 Å². The van der Waals surface area contributed by atoms with E-state index < -0.39 is 0 Å². The summed E-state index contributed by atoms with van der Waals surface area (Å²) >= 11 is 0. The molecule has 25 heavy (non-hydrogen) atoms. The van der Waals surface area contributed by atoms with Gasteiger partial charge in [0.15, 0.2) is 0 Å². The number of aromatic amines is 1. The molecule has 0 unspecified atom stereocenters. The summed E-state index contributed by atoms with van der Waals surface area (Å²) in [6.07, 6.45) is 0.0470. The number of H-pyrrole nitrogens is 1. The molecule has 0 fully saturated rings. The molecule has 0 saturated heterocycles. The zero-order valence-corrected chi connectivity index (χ0v) is 13.6. The third-order valence-corrected chi connectivity index (χ3v) is 3.80. The van der Waals surface area contributed by atoms with Gasteiger partial charge in [0.25, 0.3) is 11.1 Å². The minimum absolute atomic E-state index is 0.0470. The van der Waals surface area contributed by atoms with Crippen molar-refractivity contribution in [2.75, 3.05) is 12.4 Å². The fourth-order valence-corrected chi connectivity index (χ4v) is 2.54. The number of amides is 1. The molecule has 3 rings (SSSR count). The van der Waals surface area contributed by atoms with E-state index in [-0.39, 0.29) is 30.0 Å². The summed E-state index contributed by atoms with van der Waals surface area (Å²) in [5.41, 5.74) is -0.0866. The zero-order chi connectivity index (χ0) is 17.8. The second-order valence-electron chi connectivity index (χ2n) is 5.47. The van der Waals surface area contributed by atoms with Crippen LogP contribution in [0.2, 0.25) is 0 Å². The predicted octanol–water partition coefficient (Wildman–Crippen LogP) is 1.73. The van der Waals surface area contributed by atoms with Crippen LogP contribution in [0.3, 0.4) is 0 Å². The average Bonchev–Trinajstić information content (AvgIpc) is 2.63. The van der Waals surface area contributed by atoms with Crippen molar-refractivity contribution in [3.05, 3.63) is 69.2 Å². The van der Waals surface area contributed by atoms with Crippen molar-refractivity contribution in [3.63, 3.8) is 0 Å². The van der Waals surface area contributed by atoms with Gasteiger partial charge in [0.2, 0.25) is 5.91 Å². The van der Waals surface area contributed by atoms with E-state index in [2.05, 4.69) is 10.4 Å². The molecule has 0 aliphatic carbocycles. The number of rotatable bonds is 5. The van der Waals surface area contributed by atoms with Crippen molar-refractivity contribution in [3.8, 4) is 5.75 Å². The molecule has 2 N–H and O–H groups in total. The van der Waals surface area contributed by atoms with Crippen molar-refractivity contribution in [2.24, 2.45) is 0 Å². The van der Waals surface area contributed by atoms with Crippen LogP contribution in [-0.4, -0.2) is 22.8 Å². The molecular formula is C18H17N3O4. The lowest BCUT2D eigenvalue weighted by Crippen LogP contribution is -2.31. The lowest BCUT2D eigenvalue weighted by molar-refractivity contribution is -0.116. The quantitative estimate of drug-likeness (QED) is 0.740. The molecule has 128 valence electrons. The highest BCUT2D eigenvalue weighted by atomic mass is 16.5. The number of nitrogens with zero attached hydrogens (tertiary/aromatic N) is 1. The topological polar surface area (TPSA) is 93.2 Å². The first-order chi connectivity index (χ1) is 12.1. The molecule has 1 amide bonds. The number of aromatic nitrogens is 2. The Kier molecular flexibility index (Phi) is 4.65. The molecule has 7 nitrogen and oxygen atoms in total. The largest absolute Gasteiger partial charge is 0.497 e. The van der Waals surface area contributed by atoms with E-state index in [1.165, 1.54) is 0 Å². The number of ether oxygens (including phenoxy) is 1. The Labute approximate surface area is 142 Å². The Bertz CT molecular complexity index is 1040. The van der Waals surface area contributed by atoms with Crippen LogP contribution in [0.5, 0.6) is 5.75 Å². The van der Waals surface area contributed by atoms with Crippen LogP contribution in [-0.2, 0) is 11.3 Å². The molecule has 0 bridgehead atoms. The van der Waals surface area contributed by atoms with Gasteiger partial charge < -0.3 is 10.1 Å². The number of hydrogen-bond acceptors (Lipinski definition) is 4. The van der Waals surface area contributed by atoms with Crippen molar-refractivity contribution < 1.29 is 9.53 Å². The lowest BCUT2D eigenvalue weighted by atomic mass is 10.2. The summed E-state index contributed by atoms with van der Waals surface area (Å²) in [6, 6.07) is 13.6. The first-order valence-corrected chi connectivity index (χ1v) is 7.74. The summed E-state index contributed by atoms with van der Waals surface area (Å²) in [7, 11) is 1.55. The summed E-state index contributed by atoms with van der Waals surface area (Å²) < 4.78 is 6.26. The highest BCUT2D eigenvalue weighted by molar-refractivity contribution is 5.90. The van der Waals surface area contributed by atoms with Gasteiger partial charge in [-0.3, -0.25) is 19.5 Å². The van der Waals surface area contributed by atoms with Gasteiger partial charge >= 0.3 is 0 Å². The van der Waals surface area contributed by atoms with Gasteiger partial charge in [-0.15, -0.1) is 0 Å². The summed E-state index contributed by atoms with van der Waals surface area (Å²) in [5.74, 6) is 0.363. The molecule has 1 aromatic heterocycles. The maximum atomic E-state index is 12.4. The molecule has 3 aromatic rings. The second kappa shape index (κ2) is 7.04. The lowest BCUT2D eigenvalue weighted by Gasteiger charge is -2.09. The third kappa shape index (κ3) is 3.60. The fourth-order valence-electron chi connectivity index (χ4n) is 2.54. The predicted molar refractivity (Wildman–Crippen MR) is 95.1 cm³/mol. The van der Waals surface area contributed by atoms with E-state index in [0.717, 1.165) is 4.68 Å². The summed E-state index contributed by atoms with van der Waals surface area (Å²) in [4.78, 5) is 36.5. The number of carbonyl (C=O) groups is 1. The molecule has 2 aromatic carbocycles. The van der Waals surface area contributed by atoms with E-state index in [0.29, 0.717) is 22.2 Å². The number of carbonyl (C=O) groups excluding carboxylic acids is 1. The fraction of sp³-hybridized carbons (Fsp3) is 0.167. The minimum Gasteiger partial charge on any atom is -0.497 e. The zero-order valence-electron chi connectivity index (χ0n) is 13.6. The van der Waals surface area contributed by atoms with E-state index in [9.17, 15) is 14.4 Å². The maximum absolute atomic E-state index is 12.4. The number of benzene rings is 2. The molecule has 0 aliphatic heterocycles. The average molecular weight is 339 g/mol. The maximum Gasteiger partial charge on any atom is 0.273 e. The molecule has 7 heteroatoms. The molecule has 0 atom stereocenters. The summed E-state index contributed by atoms with van der Waals surface area (Å²) in [6.45, 7) is 0.0781. The molecule has 0 saturated carbocycles. The van der Waals surface area contributed by atoms with E-state index >= 15 is 0 Å². The second-order valence-corrected chi connectivity index (χ2v) is 5.47. The van der Waals surface area contributed by atoms with Crippen LogP contribution in [0.15, 0.2) is 58.1 Å². The smallest absolute Gasteiger partial charge is 0.273 e. The van der Waals surface area contributed by atoms with Gasteiger partial charge in [-0.25, -0.2) is 4.68 Å². The Morgan fingerprint density at radius 2 is 1.88 bits per heavy atom. The van der Waals surface area contributed by atoms with Crippen LogP contribution < -0.4 is 21.2 Å². The number of hydrogen-bond donors (Lipinski definition) is 2. The van der Waals surface area contributed by atoms with Crippen molar-refractivity contribution in [1.29, 1.82) is 0 Å². The SMILES string of the molecule is COc1cccc(NC(=O)CCn2[nH]c(=O)c3ccccc3c2=O)c1. The van der Waals surface area contributed by atoms with E-state index in [4.69, 9.17) is 4.74 Å². The Hall–Kier alpha value is -3.35. The Morgan fingerprint density at radius 1 is 1.12 bits per heavy atom. The standard InChI is InChI=1S/C18H17N3O4/c1-25-13-6-4-5-12(11-13)19-16(22)9-10-21-18(24)15-8-3-2-7-14(15)17(23)20-21/h2-8,11H,9-10H2,1H3,(H,19,22)(H,20,23). The van der Waals surface area contributed by atoms with Crippen LogP contribution in [0.25, 0.3) is 10.8 Å². The molecule has 0 aliphatic rings. The molecular weight excluding hydrogens is 322 g/mol. The Balaban J connectivity index is 1.74. The number of anilines is 1. The monoisotopic (exact) mass is 339 g/mol. The number of fused-ring (bicyclic) bond motifs is 1. The Morgan fingerprint density at radius 3 is 2.64 bits per heavy atom. The number of nitrogens with one attached hydrogen (secondary N) is 2. The van der Waals surface area contributed by atoms with Gasteiger partial charge in [0.05, 0.1) is 24.4 Å². The minimum atomic E-state index is -0.358. The first kappa shape index (κ1) is 16.5. The normalized spacial score (nSPS) is 10.6. The van der Waals surface area contributed by atoms with Gasteiger partial charge in [-0.1, -0.05) is 18.2 Å².